The number of hydrogen-bond donors (Lipinski definition) is 1. The summed E-state index contributed by atoms with van der Waals surface area (Å²) in [5, 5.41) is 12.2. The standard InChI is InChI=1S/C19H16Cl3N3O4S/c1-10(28-15-5-3-11(20)7-13(15)22)18-24-25-19(29-18)30-9-17(26)23-14-8-12(21)4-6-16(14)27-2/h3-8,10H,9H2,1-2H3,(H,23,26)/t10-/m0/s1. The molecule has 1 aromatic heterocycles. The van der Waals surface area contributed by atoms with E-state index >= 15 is 0 Å². The van der Waals surface area contributed by atoms with Crippen LogP contribution in [0.1, 0.15) is 18.9 Å². The average Bonchev–Trinajstić information content (AvgIpc) is 3.18. The molecule has 1 heterocycles. The molecule has 0 unspecified atom stereocenters. The molecule has 11 heteroatoms. The largest absolute Gasteiger partial charge is 0.495 e. The van der Waals surface area contributed by atoms with Crippen LogP contribution in [0.15, 0.2) is 46.0 Å². The molecule has 1 amide bonds. The second-order valence-electron chi connectivity index (χ2n) is 5.92. The number of carbonyl (C=O) groups excluding carboxylic acids is 1. The fourth-order valence-corrected chi connectivity index (χ4v) is 3.54. The van der Waals surface area contributed by atoms with E-state index in [-0.39, 0.29) is 22.8 Å². The molecule has 0 saturated heterocycles. The first-order valence-corrected chi connectivity index (χ1v) is 10.7. The van der Waals surface area contributed by atoms with Gasteiger partial charge in [-0.05, 0) is 43.3 Å². The van der Waals surface area contributed by atoms with E-state index in [0.717, 1.165) is 11.8 Å². The molecule has 0 spiro atoms. The number of aromatic nitrogens is 2. The zero-order chi connectivity index (χ0) is 21.7. The Balaban J connectivity index is 1.56. The van der Waals surface area contributed by atoms with E-state index in [4.69, 9.17) is 48.7 Å². The molecular formula is C19H16Cl3N3O4S. The van der Waals surface area contributed by atoms with E-state index in [1.54, 1.807) is 43.3 Å². The molecule has 3 rings (SSSR count). The summed E-state index contributed by atoms with van der Waals surface area (Å²) in [5.41, 5.74) is 0.476. The Morgan fingerprint density at radius 1 is 1.13 bits per heavy atom. The van der Waals surface area contributed by atoms with E-state index < -0.39 is 6.10 Å². The minimum absolute atomic E-state index is 0.0511. The quantitative estimate of drug-likeness (QED) is 0.394. The summed E-state index contributed by atoms with van der Waals surface area (Å²) < 4.78 is 16.5. The molecule has 0 fully saturated rings. The van der Waals surface area contributed by atoms with Crippen LogP contribution in [0.25, 0.3) is 0 Å². The molecule has 2 aromatic carbocycles. The molecule has 158 valence electrons. The molecule has 0 bridgehead atoms. The Morgan fingerprint density at radius 3 is 2.53 bits per heavy atom. The molecule has 0 aliphatic heterocycles. The molecule has 0 aliphatic rings. The van der Waals surface area contributed by atoms with Crippen molar-refractivity contribution in [2.24, 2.45) is 0 Å². The highest BCUT2D eigenvalue weighted by Gasteiger charge is 2.18. The second kappa shape index (κ2) is 10.3. The van der Waals surface area contributed by atoms with E-state index in [1.807, 2.05) is 0 Å². The highest BCUT2D eigenvalue weighted by atomic mass is 35.5. The van der Waals surface area contributed by atoms with Crippen molar-refractivity contribution < 1.29 is 18.7 Å². The minimum Gasteiger partial charge on any atom is -0.495 e. The summed E-state index contributed by atoms with van der Waals surface area (Å²) in [7, 11) is 1.51. The fourth-order valence-electron chi connectivity index (χ4n) is 2.35. The van der Waals surface area contributed by atoms with Crippen LogP contribution in [-0.2, 0) is 4.79 Å². The summed E-state index contributed by atoms with van der Waals surface area (Å²) in [6.07, 6.45) is -0.546. The van der Waals surface area contributed by atoms with E-state index in [9.17, 15) is 4.79 Å². The van der Waals surface area contributed by atoms with Crippen molar-refractivity contribution in [3.63, 3.8) is 0 Å². The number of rotatable bonds is 8. The Bertz CT molecular complexity index is 1050. The number of nitrogens with zero attached hydrogens (tertiary/aromatic N) is 2. The molecule has 1 N–H and O–H groups in total. The summed E-state index contributed by atoms with van der Waals surface area (Å²) >= 11 is 19.0. The Labute approximate surface area is 192 Å². The number of thioether (sulfide) groups is 1. The highest BCUT2D eigenvalue weighted by molar-refractivity contribution is 7.99. The molecular weight excluding hydrogens is 473 g/mol. The molecule has 30 heavy (non-hydrogen) atoms. The first-order valence-electron chi connectivity index (χ1n) is 8.57. The van der Waals surface area contributed by atoms with Crippen LogP contribution >= 0.6 is 46.6 Å². The van der Waals surface area contributed by atoms with Gasteiger partial charge in [0.25, 0.3) is 11.1 Å². The third kappa shape index (κ3) is 5.95. The van der Waals surface area contributed by atoms with Crippen molar-refractivity contribution in [2.75, 3.05) is 18.2 Å². The van der Waals surface area contributed by atoms with E-state index in [2.05, 4.69) is 15.5 Å². The van der Waals surface area contributed by atoms with Crippen LogP contribution in [0, 0.1) is 0 Å². The molecule has 3 aromatic rings. The minimum atomic E-state index is -0.546. The van der Waals surface area contributed by atoms with Crippen LogP contribution in [0.4, 0.5) is 5.69 Å². The predicted octanol–water partition coefficient (Wildman–Crippen LogP) is 5.91. The van der Waals surface area contributed by atoms with Crippen molar-refractivity contribution in [3.05, 3.63) is 57.4 Å². The first-order chi connectivity index (χ1) is 14.4. The van der Waals surface area contributed by atoms with Crippen molar-refractivity contribution in [1.29, 1.82) is 0 Å². The number of anilines is 1. The number of methoxy groups -OCH3 is 1. The highest BCUT2D eigenvalue weighted by Crippen LogP contribution is 2.32. The smallest absolute Gasteiger partial charge is 0.277 e. The summed E-state index contributed by atoms with van der Waals surface area (Å²) in [6.45, 7) is 1.74. The van der Waals surface area contributed by atoms with Gasteiger partial charge in [0.1, 0.15) is 11.5 Å². The molecule has 1 atom stereocenters. The van der Waals surface area contributed by atoms with Gasteiger partial charge in [0.05, 0.1) is 23.6 Å². The lowest BCUT2D eigenvalue weighted by Crippen LogP contribution is -2.14. The lowest BCUT2D eigenvalue weighted by Gasteiger charge is -2.12. The lowest BCUT2D eigenvalue weighted by molar-refractivity contribution is -0.113. The Morgan fingerprint density at radius 2 is 1.83 bits per heavy atom. The van der Waals surface area contributed by atoms with Gasteiger partial charge in [0, 0.05) is 10.0 Å². The maximum absolute atomic E-state index is 12.2. The lowest BCUT2D eigenvalue weighted by atomic mass is 10.3. The van der Waals surface area contributed by atoms with Gasteiger partial charge < -0.3 is 19.2 Å². The van der Waals surface area contributed by atoms with Crippen molar-refractivity contribution in [1.82, 2.24) is 10.2 Å². The molecule has 0 aliphatic carbocycles. The van der Waals surface area contributed by atoms with Crippen molar-refractivity contribution >= 4 is 58.2 Å². The Hall–Kier alpha value is -2.13. The van der Waals surface area contributed by atoms with Gasteiger partial charge in [-0.1, -0.05) is 46.6 Å². The van der Waals surface area contributed by atoms with Gasteiger partial charge in [0.2, 0.25) is 5.91 Å². The van der Waals surface area contributed by atoms with Crippen LogP contribution in [0.3, 0.4) is 0 Å². The van der Waals surface area contributed by atoms with Crippen molar-refractivity contribution in [2.45, 2.75) is 18.3 Å². The van der Waals surface area contributed by atoms with Gasteiger partial charge in [-0.25, -0.2) is 0 Å². The van der Waals surface area contributed by atoms with Crippen LogP contribution in [0.5, 0.6) is 11.5 Å². The number of hydrogen-bond acceptors (Lipinski definition) is 7. The van der Waals surface area contributed by atoms with Crippen LogP contribution in [0.2, 0.25) is 15.1 Å². The third-order valence-corrected chi connectivity index (χ3v) is 5.31. The Kier molecular flexibility index (Phi) is 7.71. The second-order valence-corrected chi connectivity index (χ2v) is 8.13. The number of halogens is 3. The van der Waals surface area contributed by atoms with Gasteiger partial charge in [-0.2, -0.15) is 0 Å². The number of benzene rings is 2. The van der Waals surface area contributed by atoms with Gasteiger partial charge in [0.15, 0.2) is 6.10 Å². The zero-order valence-corrected chi connectivity index (χ0v) is 18.9. The predicted molar refractivity (Wildman–Crippen MR) is 117 cm³/mol. The molecule has 7 nitrogen and oxygen atoms in total. The summed E-state index contributed by atoms with van der Waals surface area (Å²) in [6, 6.07) is 9.84. The van der Waals surface area contributed by atoms with Crippen LogP contribution < -0.4 is 14.8 Å². The maximum atomic E-state index is 12.2. The number of nitrogens with one attached hydrogen (secondary N) is 1. The van der Waals surface area contributed by atoms with Gasteiger partial charge in [-0.3, -0.25) is 4.79 Å². The number of ether oxygens (including phenoxy) is 2. The average molecular weight is 489 g/mol. The fraction of sp³-hybridized carbons (Fsp3) is 0.211. The summed E-state index contributed by atoms with van der Waals surface area (Å²) in [5.74, 6) is 0.966. The summed E-state index contributed by atoms with van der Waals surface area (Å²) in [4.78, 5) is 12.2. The first kappa shape index (κ1) is 22.6. The van der Waals surface area contributed by atoms with Crippen LogP contribution in [-0.4, -0.2) is 29.0 Å². The zero-order valence-electron chi connectivity index (χ0n) is 15.8. The third-order valence-electron chi connectivity index (χ3n) is 3.73. The van der Waals surface area contributed by atoms with Gasteiger partial charge in [-0.15, -0.1) is 10.2 Å². The molecule has 0 saturated carbocycles. The molecule has 0 radical (unpaired) electrons. The maximum Gasteiger partial charge on any atom is 0.277 e. The number of carbonyl (C=O) groups is 1. The van der Waals surface area contributed by atoms with Crippen molar-refractivity contribution in [3.8, 4) is 11.5 Å². The van der Waals surface area contributed by atoms with E-state index in [0.29, 0.717) is 32.3 Å². The number of amides is 1. The van der Waals surface area contributed by atoms with E-state index in [1.165, 1.54) is 7.11 Å². The SMILES string of the molecule is COc1ccc(Cl)cc1NC(=O)CSc1nnc([C@H](C)Oc2ccc(Cl)cc2Cl)o1. The normalized spacial score (nSPS) is 11.8. The topological polar surface area (TPSA) is 86.5 Å². The van der Waals surface area contributed by atoms with Gasteiger partial charge >= 0.3 is 0 Å². The monoisotopic (exact) mass is 487 g/mol.